The van der Waals surface area contributed by atoms with Gasteiger partial charge in [0, 0.05) is 13.2 Å². The van der Waals surface area contributed by atoms with Gasteiger partial charge in [0.05, 0.1) is 56.3 Å². The molecule has 0 aromatic rings. The summed E-state index contributed by atoms with van der Waals surface area (Å²) in [6, 6.07) is 0. The molecule has 0 radical (unpaired) electrons. The zero-order valence-electron chi connectivity index (χ0n) is 16.2. The van der Waals surface area contributed by atoms with Crippen molar-refractivity contribution >= 4 is 0 Å². The van der Waals surface area contributed by atoms with Crippen LogP contribution in [0, 0.1) is 29.1 Å². The fourth-order valence-electron chi connectivity index (χ4n) is 5.44. The summed E-state index contributed by atoms with van der Waals surface area (Å²) in [5.74, 6) is 2.57. The van der Waals surface area contributed by atoms with Crippen molar-refractivity contribution < 1.29 is 23.7 Å². The van der Waals surface area contributed by atoms with Gasteiger partial charge < -0.3 is 23.7 Å². The van der Waals surface area contributed by atoms with Crippen molar-refractivity contribution in [2.24, 2.45) is 29.1 Å². The van der Waals surface area contributed by atoms with Crippen LogP contribution in [0.4, 0.5) is 0 Å². The highest BCUT2D eigenvalue weighted by Crippen LogP contribution is 2.45. The molecule has 0 N–H and O–H groups in total. The zero-order chi connectivity index (χ0) is 17.7. The van der Waals surface area contributed by atoms with Crippen LogP contribution in [-0.4, -0.2) is 64.1 Å². The van der Waals surface area contributed by atoms with Gasteiger partial charge in [-0.3, -0.25) is 0 Å². The first-order chi connectivity index (χ1) is 12.7. The second-order valence-corrected chi connectivity index (χ2v) is 9.69. The average Bonchev–Trinajstić information content (AvgIpc) is 3.49. The number of ether oxygens (including phenoxy) is 5. The van der Waals surface area contributed by atoms with Crippen LogP contribution < -0.4 is 0 Å². The van der Waals surface area contributed by atoms with Crippen LogP contribution >= 0.6 is 0 Å². The molecule has 3 heterocycles. The molecule has 0 spiro atoms. The summed E-state index contributed by atoms with van der Waals surface area (Å²) in [6.45, 7) is 9.43. The van der Waals surface area contributed by atoms with E-state index in [1.807, 2.05) is 0 Å². The van der Waals surface area contributed by atoms with E-state index in [9.17, 15) is 0 Å². The lowest BCUT2D eigenvalue weighted by atomic mass is 9.80. The third-order valence-electron chi connectivity index (χ3n) is 7.71. The number of rotatable bonds is 8. The molecule has 5 rings (SSSR count). The fraction of sp³-hybridized carbons (Fsp3) is 1.00. The maximum Gasteiger partial charge on any atom is 0.0870 e. The van der Waals surface area contributed by atoms with Gasteiger partial charge in [-0.15, -0.1) is 0 Å². The average molecular weight is 366 g/mol. The lowest BCUT2D eigenvalue weighted by molar-refractivity contribution is -0.183. The molecule has 0 bridgehead atoms. The maximum absolute atomic E-state index is 6.17. The molecule has 3 aliphatic heterocycles. The van der Waals surface area contributed by atoms with Gasteiger partial charge in [-0.05, 0) is 49.4 Å². The largest absolute Gasteiger partial charge is 0.380 e. The minimum atomic E-state index is 0.0764. The summed E-state index contributed by atoms with van der Waals surface area (Å²) in [4.78, 5) is 0. The highest BCUT2D eigenvalue weighted by atomic mass is 16.6. The van der Waals surface area contributed by atoms with Crippen LogP contribution in [-0.2, 0) is 23.7 Å². The van der Waals surface area contributed by atoms with Crippen LogP contribution in [0.15, 0.2) is 0 Å². The first-order valence-electron chi connectivity index (χ1n) is 10.7. The minimum absolute atomic E-state index is 0.0764. The van der Waals surface area contributed by atoms with Gasteiger partial charge in [-0.1, -0.05) is 13.8 Å². The third-order valence-corrected chi connectivity index (χ3v) is 7.71. The van der Waals surface area contributed by atoms with Crippen molar-refractivity contribution in [3.63, 3.8) is 0 Å². The third kappa shape index (κ3) is 3.46. The van der Waals surface area contributed by atoms with E-state index in [0.717, 1.165) is 39.6 Å². The van der Waals surface area contributed by atoms with Crippen molar-refractivity contribution in [2.45, 2.75) is 63.9 Å². The van der Waals surface area contributed by atoms with Crippen molar-refractivity contribution in [1.82, 2.24) is 0 Å². The maximum atomic E-state index is 6.17. The predicted molar refractivity (Wildman–Crippen MR) is 96.0 cm³/mol. The van der Waals surface area contributed by atoms with E-state index in [4.69, 9.17) is 23.7 Å². The SMILES string of the molecule is CC1C(COCC2(COCC3CCC4OC4C3C)COC2)CCC2OC21. The molecule has 2 aliphatic carbocycles. The predicted octanol–water partition coefficient (Wildman–Crippen LogP) is 2.66. The van der Waals surface area contributed by atoms with Crippen molar-refractivity contribution in [2.75, 3.05) is 39.6 Å². The molecule has 2 saturated carbocycles. The van der Waals surface area contributed by atoms with Crippen LogP contribution in [0.25, 0.3) is 0 Å². The summed E-state index contributed by atoms with van der Waals surface area (Å²) in [5.41, 5.74) is 0.0764. The second kappa shape index (κ2) is 7.00. The van der Waals surface area contributed by atoms with Crippen molar-refractivity contribution in [1.29, 1.82) is 0 Å². The van der Waals surface area contributed by atoms with Gasteiger partial charge in [0.25, 0.3) is 0 Å². The molecule has 0 amide bonds. The summed E-state index contributed by atoms with van der Waals surface area (Å²) < 4.78 is 29.3. The first-order valence-corrected chi connectivity index (χ1v) is 10.7. The summed E-state index contributed by atoms with van der Waals surface area (Å²) >= 11 is 0. The van der Waals surface area contributed by atoms with E-state index in [-0.39, 0.29) is 5.41 Å². The van der Waals surface area contributed by atoms with E-state index < -0.39 is 0 Å². The topological polar surface area (TPSA) is 52.8 Å². The van der Waals surface area contributed by atoms with Gasteiger partial charge in [0.2, 0.25) is 0 Å². The Balaban J connectivity index is 1.03. The Morgan fingerprint density at radius 2 is 1.27 bits per heavy atom. The highest BCUT2D eigenvalue weighted by Gasteiger charge is 2.50. The molecule has 5 nitrogen and oxygen atoms in total. The summed E-state index contributed by atoms with van der Waals surface area (Å²) in [6.07, 6.45) is 7.04. The molecule has 3 saturated heterocycles. The number of fused-ring (bicyclic) bond motifs is 2. The summed E-state index contributed by atoms with van der Waals surface area (Å²) in [7, 11) is 0. The fourth-order valence-corrected chi connectivity index (χ4v) is 5.44. The quantitative estimate of drug-likeness (QED) is 0.618. The molecule has 0 aromatic carbocycles. The number of hydrogen-bond donors (Lipinski definition) is 0. The van der Waals surface area contributed by atoms with Gasteiger partial charge in [0.15, 0.2) is 0 Å². The normalized spacial score (nSPS) is 48.2. The molecule has 5 fully saturated rings. The van der Waals surface area contributed by atoms with Gasteiger partial charge in [-0.2, -0.15) is 0 Å². The van der Waals surface area contributed by atoms with E-state index in [0.29, 0.717) is 48.1 Å². The molecule has 26 heavy (non-hydrogen) atoms. The Morgan fingerprint density at radius 3 is 1.69 bits per heavy atom. The molecule has 5 heteroatoms. The molecule has 0 aromatic heterocycles. The molecular formula is C21H34O5. The van der Waals surface area contributed by atoms with E-state index in [2.05, 4.69) is 13.8 Å². The Hall–Kier alpha value is -0.200. The number of epoxide rings is 2. The first kappa shape index (κ1) is 17.9. The van der Waals surface area contributed by atoms with Gasteiger partial charge in [-0.25, -0.2) is 0 Å². The highest BCUT2D eigenvalue weighted by molar-refractivity contribution is 4.97. The molecule has 8 atom stereocenters. The molecule has 8 unspecified atom stereocenters. The van der Waals surface area contributed by atoms with E-state index in [1.54, 1.807) is 0 Å². The summed E-state index contributed by atoms with van der Waals surface area (Å²) in [5, 5.41) is 0. The van der Waals surface area contributed by atoms with Crippen LogP contribution in [0.3, 0.4) is 0 Å². The Labute approximate surface area is 157 Å². The molecule has 5 aliphatic rings. The standard InChI is InChI=1S/C21H34O5/c1-13-15(3-5-17-19(13)25-17)7-22-9-21(11-24-12-21)10-23-8-16-4-6-18-20(26-18)14(16)2/h13-20H,3-12H2,1-2H3. The minimum Gasteiger partial charge on any atom is -0.380 e. The van der Waals surface area contributed by atoms with Crippen LogP contribution in [0.5, 0.6) is 0 Å². The zero-order valence-corrected chi connectivity index (χ0v) is 16.2. The van der Waals surface area contributed by atoms with Crippen LogP contribution in [0.1, 0.15) is 39.5 Å². The monoisotopic (exact) mass is 366 g/mol. The van der Waals surface area contributed by atoms with Gasteiger partial charge in [0.1, 0.15) is 0 Å². The Bertz CT molecular complexity index is 467. The Kier molecular flexibility index (Phi) is 4.81. The van der Waals surface area contributed by atoms with E-state index >= 15 is 0 Å². The molecular weight excluding hydrogens is 332 g/mol. The lowest BCUT2D eigenvalue weighted by Gasteiger charge is -2.41. The van der Waals surface area contributed by atoms with Gasteiger partial charge >= 0.3 is 0 Å². The smallest absolute Gasteiger partial charge is 0.0870 e. The number of hydrogen-bond acceptors (Lipinski definition) is 5. The van der Waals surface area contributed by atoms with Crippen molar-refractivity contribution in [3.05, 3.63) is 0 Å². The van der Waals surface area contributed by atoms with Crippen molar-refractivity contribution in [3.8, 4) is 0 Å². The van der Waals surface area contributed by atoms with Crippen LogP contribution in [0.2, 0.25) is 0 Å². The molecule has 148 valence electrons. The lowest BCUT2D eigenvalue weighted by Crippen LogP contribution is -2.50. The second-order valence-electron chi connectivity index (χ2n) is 9.69. The van der Waals surface area contributed by atoms with E-state index in [1.165, 1.54) is 25.7 Å². The Morgan fingerprint density at radius 1 is 0.769 bits per heavy atom.